The normalized spacial score (nSPS) is 13.8. The summed E-state index contributed by atoms with van der Waals surface area (Å²) in [6.07, 6.45) is -3.22. The first-order valence-electron chi connectivity index (χ1n) is 7.11. The number of alkyl halides is 3. The summed E-state index contributed by atoms with van der Waals surface area (Å²) in [6.45, 7) is 1.18. The third-order valence-electron chi connectivity index (χ3n) is 3.65. The number of nitrogens with zero attached hydrogens (tertiary/aromatic N) is 2. The molecule has 2 rings (SSSR count). The zero-order chi connectivity index (χ0) is 18.7. The Labute approximate surface area is 140 Å². The van der Waals surface area contributed by atoms with E-state index in [9.17, 15) is 27.9 Å². The van der Waals surface area contributed by atoms with Crippen LogP contribution >= 0.6 is 0 Å². The van der Waals surface area contributed by atoms with Crippen LogP contribution in [0.1, 0.15) is 28.7 Å². The number of hydrogen-bond acceptors (Lipinski definition) is 4. The summed E-state index contributed by atoms with van der Waals surface area (Å²) in [5, 5.41) is 11.9. The van der Waals surface area contributed by atoms with Gasteiger partial charge < -0.3 is 10.4 Å². The molecule has 1 aromatic heterocycles. The molecule has 1 atom stereocenters. The Morgan fingerprint density at radius 3 is 2.16 bits per heavy atom. The smallest absolute Gasteiger partial charge is 0.451 e. The lowest BCUT2D eigenvalue weighted by Gasteiger charge is -2.25. The number of hydrogen-bond donors (Lipinski definition) is 2. The highest BCUT2D eigenvalue weighted by Gasteiger charge is 2.36. The molecule has 6 nitrogen and oxygen atoms in total. The Bertz CT molecular complexity index is 764. The van der Waals surface area contributed by atoms with Gasteiger partial charge in [-0.2, -0.15) is 13.2 Å². The van der Waals surface area contributed by atoms with Crippen molar-refractivity contribution in [1.29, 1.82) is 0 Å². The predicted octanol–water partition coefficient (Wildman–Crippen LogP) is 2.27. The molecule has 2 aromatic rings. The van der Waals surface area contributed by atoms with E-state index in [1.807, 2.05) is 0 Å². The van der Waals surface area contributed by atoms with Gasteiger partial charge in [0.25, 0.3) is 5.91 Å². The van der Waals surface area contributed by atoms with E-state index in [0.29, 0.717) is 5.56 Å². The number of rotatable bonds is 5. The van der Waals surface area contributed by atoms with Crippen molar-refractivity contribution >= 4 is 11.9 Å². The van der Waals surface area contributed by atoms with Crippen LogP contribution in [0.5, 0.6) is 0 Å². The zero-order valence-corrected chi connectivity index (χ0v) is 13.0. The highest BCUT2D eigenvalue weighted by molar-refractivity contribution is 5.94. The lowest BCUT2D eigenvalue weighted by atomic mass is 9.82. The molecule has 9 heteroatoms. The van der Waals surface area contributed by atoms with Crippen LogP contribution in [0.15, 0.2) is 42.7 Å². The molecule has 0 aliphatic rings. The third-order valence-corrected chi connectivity index (χ3v) is 3.65. The van der Waals surface area contributed by atoms with Crippen molar-refractivity contribution in [1.82, 2.24) is 15.3 Å². The molecule has 0 fully saturated rings. The average Bonchev–Trinajstić information content (AvgIpc) is 2.59. The SMILES string of the molecule is CC(CNC(=O)c1cnc(C(F)(F)F)nc1)(C(=O)O)c1ccccc1. The fourth-order valence-corrected chi connectivity index (χ4v) is 2.06. The molecule has 0 saturated heterocycles. The van der Waals surface area contributed by atoms with E-state index < -0.39 is 29.3 Å². The summed E-state index contributed by atoms with van der Waals surface area (Å²) in [6, 6.07) is 8.29. The number of benzene rings is 1. The Morgan fingerprint density at radius 1 is 1.12 bits per heavy atom. The number of carbonyl (C=O) groups is 2. The van der Waals surface area contributed by atoms with Crippen molar-refractivity contribution in [3.63, 3.8) is 0 Å². The third kappa shape index (κ3) is 4.11. The fraction of sp³-hybridized carbons (Fsp3) is 0.250. The second-order valence-corrected chi connectivity index (χ2v) is 5.48. The minimum atomic E-state index is -4.70. The number of carboxylic acid groups (broad SMARTS) is 1. The van der Waals surface area contributed by atoms with Crippen LogP contribution in [0.4, 0.5) is 13.2 Å². The predicted molar refractivity (Wildman–Crippen MR) is 80.8 cm³/mol. The number of halogens is 3. The second-order valence-electron chi connectivity index (χ2n) is 5.48. The van der Waals surface area contributed by atoms with Crippen molar-refractivity contribution < 1.29 is 27.9 Å². The molecular weight excluding hydrogens is 339 g/mol. The summed E-state index contributed by atoms with van der Waals surface area (Å²) in [4.78, 5) is 29.9. The quantitative estimate of drug-likeness (QED) is 0.860. The molecule has 2 N–H and O–H groups in total. The van der Waals surface area contributed by atoms with E-state index >= 15 is 0 Å². The van der Waals surface area contributed by atoms with Crippen LogP contribution < -0.4 is 5.32 Å². The average molecular weight is 353 g/mol. The number of aromatic nitrogens is 2. The molecule has 0 radical (unpaired) electrons. The Morgan fingerprint density at radius 2 is 1.68 bits per heavy atom. The van der Waals surface area contributed by atoms with Crippen LogP contribution in [0.25, 0.3) is 0 Å². The van der Waals surface area contributed by atoms with E-state index in [1.165, 1.54) is 6.92 Å². The molecule has 0 spiro atoms. The first-order valence-corrected chi connectivity index (χ1v) is 7.11. The molecule has 1 heterocycles. The molecule has 1 aromatic carbocycles. The van der Waals surface area contributed by atoms with Crippen molar-refractivity contribution in [3.05, 3.63) is 59.7 Å². The van der Waals surface area contributed by atoms with E-state index in [4.69, 9.17) is 0 Å². The minimum absolute atomic E-state index is 0.200. The monoisotopic (exact) mass is 353 g/mol. The maximum Gasteiger partial charge on any atom is 0.451 e. The van der Waals surface area contributed by atoms with Crippen molar-refractivity contribution in [3.8, 4) is 0 Å². The molecule has 1 unspecified atom stereocenters. The van der Waals surface area contributed by atoms with Gasteiger partial charge in [-0.05, 0) is 12.5 Å². The largest absolute Gasteiger partial charge is 0.481 e. The topological polar surface area (TPSA) is 92.2 Å². The summed E-state index contributed by atoms with van der Waals surface area (Å²) >= 11 is 0. The van der Waals surface area contributed by atoms with Gasteiger partial charge in [0.05, 0.1) is 5.56 Å². The lowest BCUT2D eigenvalue weighted by molar-refractivity contribution is -0.145. The van der Waals surface area contributed by atoms with Crippen LogP contribution in [0, 0.1) is 0 Å². The van der Waals surface area contributed by atoms with Gasteiger partial charge in [0.2, 0.25) is 5.82 Å². The Hall–Kier alpha value is -2.97. The van der Waals surface area contributed by atoms with E-state index in [2.05, 4.69) is 15.3 Å². The number of carbonyl (C=O) groups excluding carboxylic acids is 1. The van der Waals surface area contributed by atoms with Crippen LogP contribution in [0.2, 0.25) is 0 Å². The van der Waals surface area contributed by atoms with E-state index in [1.54, 1.807) is 30.3 Å². The highest BCUT2D eigenvalue weighted by Crippen LogP contribution is 2.25. The van der Waals surface area contributed by atoms with Crippen molar-refractivity contribution in [2.24, 2.45) is 0 Å². The van der Waals surface area contributed by atoms with Gasteiger partial charge in [0, 0.05) is 18.9 Å². The summed E-state index contributed by atoms with van der Waals surface area (Å²) in [5.41, 5.74) is -1.12. The van der Waals surface area contributed by atoms with E-state index in [-0.39, 0.29) is 12.1 Å². The van der Waals surface area contributed by atoms with Gasteiger partial charge in [-0.25, -0.2) is 9.97 Å². The maximum atomic E-state index is 12.4. The van der Waals surface area contributed by atoms with Gasteiger partial charge in [-0.15, -0.1) is 0 Å². The second kappa shape index (κ2) is 6.88. The van der Waals surface area contributed by atoms with E-state index in [0.717, 1.165) is 12.4 Å². The van der Waals surface area contributed by atoms with Crippen molar-refractivity contribution in [2.75, 3.05) is 6.54 Å². The number of amides is 1. The summed E-state index contributed by atoms with van der Waals surface area (Å²) < 4.78 is 37.2. The fourth-order valence-electron chi connectivity index (χ4n) is 2.06. The molecule has 25 heavy (non-hydrogen) atoms. The molecule has 0 aliphatic carbocycles. The highest BCUT2D eigenvalue weighted by atomic mass is 19.4. The minimum Gasteiger partial charge on any atom is -0.481 e. The first-order chi connectivity index (χ1) is 11.6. The molecule has 132 valence electrons. The van der Waals surface area contributed by atoms with Gasteiger partial charge in [-0.1, -0.05) is 30.3 Å². The maximum absolute atomic E-state index is 12.4. The molecular formula is C16H14F3N3O3. The Kier molecular flexibility index (Phi) is 5.05. The van der Waals surface area contributed by atoms with Gasteiger partial charge >= 0.3 is 12.1 Å². The summed E-state index contributed by atoms with van der Waals surface area (Å²) in [5.74, 6) is -3.27. The number of aliphatic carboxylic acids is 1. The van der Waals surface area contributed by atoms with Gasteiger partial charge in [-0.3, -0.25) is 9.59 Å². The van der Waals surface area contributed by atoms with Crippen LogP contribution in [0.3, 0.4) is 0 Å². The number of nitrogens with one attached hydrogen (secondary N) is 1. The molecule has 0 saturated carbocycles. The van der Waals surface area contributed by atoms with Crippen LogP contribution in [-0.2, 0) is 16.4 Å². The zero-order valence-electron chi connectivity index (χ0n) is 13.0. The molecule has 1 amide bonds. The molecule has 0 bridgehead atoms. The van der Waals surface area contributed by atoms with Gasteiger partial charge in [0.1, 0.15) is 5.41 Å². The first kappa shape index (κ1) is 18.4. The van der Waals surface area contributed by atoms with Crippen LogP contribution in [-0.4, -0.2) is 33.5 Å². The summed E-state index contributed by atoms with van der Waals surface area (Å²) in [7, 11) is 0. The Balaban J connectivity index is 2.13. The van der Waals surface area contributed by atoms with Crippen molar-refractivity contribution in [2.45, 2.75) is 18.5 Å². The van der Waals surface area contributed by atoms with Gasteiger partial charge in [0.15, 0.2) is 0 Å². The molecule has 0 aliphatic heterocycles. The number of carboxylic acids is 1. The lowest BCUT2D eigenvalue weighted by Crippen LogP contribution is -2.44. The standard InChI is InChI=1S/C16H14F3N3O3/c1-15(14(24)25,11-5-3-2-4-6-11)9-22-12(23)10-7-20-13(21-8-10)16(17,18)19/h2-8H,9H2,1H3,(H,22,23)(H,24,25).